The van der Waals surface area contributed by atoms with Gasteiger partial charge in [0.15, 0.2) is 15.0 Å². The lowest BCUT2D eigenvalue weighted by molar-refractivity contribution is 0.0967. The van der Waals surface area contributed by atoms with Crippen molar-refractivity contribution in [3.05, 3.63) is 52.5 Å². The van der Waals surface area contributed by atoms with Gasteiger partial charge in [-0.05, 0) is 54.7 Å². The first-order valence-electron chi connectivity index (χ1n) is 8.73. The number of nitrogens with zero attached hydrogens (tertiary/aromatic N) is 1. The van der Waals surface area contributed by atoms with Gasteiger partial charge in [0, 0.05) is 6.26 Å². The Kier molecular flexibility index (Phi) is 5.05. The molecule has 0 spiro atoms. The Balaban J connectivity index is 1.48. The van der Waals surface area contributed by atoms with E-state index < -0.39 is 21.8 Å². The number of carbonyl (C=O) groups is 2. The number of thiazole rings is 1. The van der Waals surface area contributed by atoms with E-state index in [0.29, 0.717) is 16.1 Å². The van der Waals surface area contributed by atoms with Crippen molar-refractivity contribution in [2.45, 2.75) is 23.7 Å². The molecule has 1 fully saturated rings. The summed E-state index contributed by atoms with van der Waals surface area (Å²) in [5, 5.41) is 5.27. The second-order valence-corrected chi connectivity index (χ2v) is 10.3. The Morgan fingerprint density at radius 3 is 2.62 bits per heavy atom. The van der Waals surface area contributed by atoms with Crippen LogP contribution in [0.4, 0.5) is 9.93 Å². The number of hydrogen-bond donors (Lipinski definition) is 2. The maximum absolute atomic E-state index is 12.4. The Morgan fingerprint density at radius 1 is 1.17 bits per heavy atom. The Morgan fingerprint density at radius 2 is 1.93 bits per heavy atom. The molecule has 1 saturated carbocycles. The van der Waals surface area contributed by atoms with Gasteiger partial charge < -0.3 is 0 Å². The second-order valence-electron chi connectivity index (χ2n) is 6.84. The number of halogens is 1. The minimum atomic E-state index is -3.34. The molecule has 3 amide bonds. The lowest BCUT2D eigenvalue weighted by Gasteiger charge is -2.08. The lowest BCUT2D eigenvalue weighted by Crippen LogP contribution is -2.34. The summed E-state index contributed by atoms with van der Waals surface area (Å²) in [7, 11) is -3.34. The summed E-state index contributed by atoms with van der Waals surface area (Å²) >= 11 is 7.22. The third kappa shape index (κ3) is 4.42. The van der Waals surface area contributed by atoms with Gasteiger partial charge in [0.2, 0.25) is 0 Å². The van der Waals surface area contributed by atoms with Gasteiger partial charge in [-0.15, -0.1) is 0 Å². The van der Waals surface area contributed by atoms with Gasteiger partial charge in [-0.2, -0.15) is 0 Å². The van der Waals surface area contributed by atoms with Crippen molar-refractivity contribution in [2.24, 2.45) is 0 Å². The van der Waals surface area contributed by atoms with Crippen LogP contribution in [0.25, 0.3) is 10.2 Å². The van der Waals surface area contributed by atoms with Gasteiger partial charge in [-0.1, -0.05) is 29.0 Å². The number of urea groups is 1. The molecule has 0 unspecified atom stereocenters. The van der Waals surface area contributed by atoms with E-state index in [9.17, 15) is 18.0 Å². The lowest BCUT2D eigenvalue weighted by atomic mass is 10.1. The van der Waals surface area contributed by atoms with Crippen LogP contribution >= 0.6 is 22.9 Å². The monoisotopic (exact) mass is 449 g/mol. The minimum absolute atomic E-state index is 0.171. The van der Waals surface area contributed by atoms with Crippen molar-refractivity contribution in [3.8, 4) is 0 Å². The van der Waals surface area contributed by atoms with Crippen LogP contribution in [0, 0.1) is 0 Å². The third-order valence-electron chi connectivity index (χ3n) is 4.52. The van der Waals surface area contributed by atoms with Crippen LogP contribution in [0.3, 0.4) is 0 Å². The zero-order valence-corrected chi connectivity index (χ0v) is 17.6. The molecule has 0 bridgehead atoms. The molecule has 1 heterocycles. The summed E-state index contributed by atoms with van der Waals surface area (Å²) in [6.07, 6.45) is 3.29. The summed E-state index contributed by atoms with van der Waals surface area (Å²) < 4.78 is 23.9. The molecule has 1 aliphatic rings. The van der Waals surface area contributed by atoms with Gasteiger partial charge in [0.25, 0.3) is 5.91 Å². The number of amides is 3. The molecule has 1 aliphatic carbocycles. The molecule has 10 heteroatoms. The maximum atomic E-state index is 12.4. The normalized spacial score (nSPS) is 14.0. The molecule has 3 aromatic rings. The van der Waals surface area contributed by atoms with E-state index >= 15 is 0 Å². The van der Waals surface area contributed by atoms with Gasteiger partial charge >= 0.3 is 6.03 Å². The average molecular weight is 450 g/mol. The highest BCUT2D eigenvalue weighted by Gasteiger charge is 2.25. The molecule has 1 aromatic heterocycles. The minimum Gasteiger partial charge on any atom is -0.283 e. The highest BCUT2D eigenvalue weighted by atomic mass is 35.5. The van der Waals surface area contributed by atoms with Gasteiger partial charge in [-0.25, -0.2) is 18.2 Å². The summed E-state index contributed by atoms with van der Waals surface area (Å²) in [6.45, 7) is 0. The topological polar surface area (TPSA) is 105 Å². The predicted octanol–water partition coefficient (Wildman–Crippen LogP) is 4.19. The number of benzene rings is 2. The number of fused-ring (bicyclic) bond motifs is 1. The van der Waals surface area contributed by atoms with E-state index in [1.807, 2.05) is 6.07 Å². The molecule has 4 rings (SSSR count). The van der Waals surface area contributed by atoms with Crippen LogP contribution < -0.4 is 10.6 Å². The van der Waals surface area contributed by atoms with Crippen LogP contribution in [0.5, 0.6) is 0 Å². The number of rotatable bonds is 4. The molecule has 2 N–H and O–H groups in total. The number of aromatic nitrogens is 1. The number of sulfone groups is 1. The first kappa shape index (κ1) is 19.8. The zero-order valence-electron chi connectivity index (χ0n) is 15.2. The largest absolute Gasteiger partial charge is 0.327 e. The van der Waals surface area contributed by atoms with Crippen LogP contribution in [0.1, 0.15) is 34.7 Å². The summed E-state index contributed by atoms with van der Waals surface area (Å²) in [5.74, 6) is -0.150. The number of anilines is 1. The van der Waals surface area contributed by atoms with E-state index in [2.05, 4.69) is 15.6 Å². The van der Waals surface area contributed by atoms with Crippen LogP contribution in [-0.2, 0) is 9.84 Å². The van der Waals surface area contributed by atoms with Gasteiger partial charge in [0.1, 0.15) is 0 Å². The Bertz CT molecular complexity index is 1250. The van der Waals surface area contributed by atoms with Crippen molar-refractivity contribution >= 4 is 60.1 Å². The smallest absolute Gasteiger partial charge is 0.283 e. The van der Waals surface area contributed by atoms with Gasteiger partial charge in [-0.3, -0.25) is 15.4 Å². The van der Waals surface area contributed by atoms with E-state index in [1.165, 1.54) is 12.1 Å². The fourth-order valence-corrected chi connectivity index (χ4v) is 4.70. The second kappa shape index (κ2) is 7.40. The quantitative estimate of drug-likeness (QED) is 0.621. The van der Waals surface area contributed by atoms with Crippen molar-refractivity contribution in [1.29, 1.82) is 0 Å². The molecular formula is C19H16ClN3O4S2. The predicted molar refractivity (Wildman–Crippen MR) is 113 cm³/mol. The highest BCUT2D eigenvalue weighted by molar-refractivity contribution is 7.90. The van der Waals surface area contributed by atoms with E-state index in [-0.39, 0.29) is 20.6 Å². The first-order chi connectivity index (χ1) is 13.7. The van der Waals surface area contributed by atoms with Gasteiger partial charge in [0.05, 0.1) is 25.7 Å². The standard InChI is InChI=1S/C19H16ClN3O4S2/c1-29(26,27)12-5-7-15-16(9-12)28-19(21-15)23-18(25)22-17(24)13-8-11(10-2-3-10)4-6-14(13)20/h4-10H,2-3H2,1H3,(H2,21,22,23,24,25). The van der Waals surface area contributed by atoms with E-state index in [4.69, 9.17) is 11.6 Å². The van der Waals surface area contributed by atoms with Crippen molar-refractivity contribution in [1.82, 2.24) is 10.3 Å². The highest BCUT2D eigenvalue weighted by Crippen LogP contribution is 2.41. The molecule has 0 atom stereocenters. The Hall–Kier alpha value is -2.49. The molecule has 0 radical (unpaired) electrons. The summed E-state index contributed by atoms with van der Waals surface area (Å²) in [5.41, 5.74) is 1.82. The molecule has 0 aliphatic heterocycles. The summed E-state index contributed by atoms with van der Waals surface area (Å²) in [6, 6.07) is 9.05. The fourth-order valence-electron chi connectivity index (χ4n) is 2.88. The molecule has 150 valence electrons. The summed E-state index contributed by atoms with van der Waals surface area (Å²) in [4.78, 5) is 29.1. The van der Waals surface area contributed by atoms with Crippen LogP contribution in [-0.4, -0.2) is 31.6 Å². The molecular weight excluding hydrogens is 434 g/mol. The SMILES string of the molecule is CS(=O)(=O)c1ccc2nc(NC(=O)NC(=O)c3cc(C4CC4)ccc3Cl)sc2c1. The first-order valence-corrected chi connectivity index (χ1v) is 11.8. The maximum Gasteiger partial charge on any atom is 0.327 e. The number of imide groups is 1. The molecule has 29 heavy (non-hydrogen) atoms. The number of nitrogens with one attached hydrogen (secondary N) is 2. The number of carbonyl (C=O) groups excluding carboxylic acids is 2. The average Bonchev–Trinajstić information content (AvgIpc) is 3.40. The van der Waals surface area contributed by atoms with E-state index in [0.717, 1.165) is 36.0 Å². The molecule has 2 aromatic carbocycles. The fraction of sp³-hybridized carbons (Fsp3) is 0.211. The number of hydrogen-bond acceptors (Lipinski definition) is 6. The third-order valence-corrected chi connectivity index (χ3v) is 6.89. The van der Waals surface area contributed by atoms with Crippen molar-refractivity contribution < 1.29 is 18.0 Å². The Labute approximate surface area is 176 Å². The molecule has 0 saturated heterocycles. The van der Waals surface area contributed by atoms with E-state index in [1.54, 1.807) is 18.2 Å². The van der Waals surface area contributed by atoms with Crippen LogP contribution in [0.15, 0.2) is 41.3 Å². The zero-order chi connectivity index (χ0) is 20.8. The van der Waals surface area contributed by atoms with Crippen LogP contribution in [0.2, 0.25) is 5.02 Å². The van der Waals surface area contributed by atoms with Crippen molar-refractivity contribution in [2.75, 3.05) is 11.6 Å². The van der Waals surface area contributed by atoms with Crippen molar-refractivity contribution in [3.63, 3.8) is 0 Å². The molecule has 7 nitrogen and oxygen atoms in total.